The maximum absolute atomic E-state index is 15.6. The van der Waals surface area contributed by atoms with Crippen LogP contribution >= 0.6 is 0 Å². The van der Waals surface area contributed by atoms with Gasteiger partial charge in [-0.3, -0.25) is 19.2 Å². The van der Waals surface area contributed by atoms with Crippen LogP contribution in [-0.2, 0) is 54.2 Å². The molecule has 7 rings (SSSR count). The minimum absolute atomic E-state index is 0.0355. The maximum atomic E-state index is 15.6. The number of hydrogen-bond acceptors (Lipinski definition) is 17. The number of benzene rings is 4. The molecular weight excluding hydrogens is 947 g/mol. The van der Waals surface area contributed by atoms with Crippen LogP contribution in [0.25, 0.3) is 0 Å². The molecule has 0 spiro atoms. The Kier molecular flexibility index (Phi) is 15.7. The van der Waals surface area contributed by atoms with Crippen molar-refractivity contribution >= 4 is 41.7 Å². The van der Waals surface area contributed by atoms with Gasteiger partial charge in [0.1, 0.15) is 42.7 Å². The van der Waals surface area contributed by atoms with E-state index in [9.17, 15) is 44.4 Å². The second-order valence-corrected chi connectivity index (χ2v) is 19.4. The van der Waals surface area contributed by atoms with Crippen LogP contribution < -0.4 is 5.32 Å². The van der Waals surface area contributed by atoms with Crippen LogP contribution in [0.3, 0.4) is 0 Å². The standard InChI is InChI=1S/C55H59NO17/c1-31-38(71-50(64)44(72-51(65)68-29-34-19-11-7-12-20-34)42(35-21-13-8-14-22-35)56-48(62)36-23-15-9-16-24-36)28-55(67)47(73-49(63)37-25-17-10-18-26-37)45-53(6,39(59)27-40(60)54(45,66)30-69-32(2)57)46(61)43(70-33(3)58)41(31)52(55,4)5/h7-26,38-40,42-45,47,59-60,66-67H,27-30H2,1-6H3,(H,56,62)/t38-,39-,40-,42-,43+,44+,45?,47-,53+,54-,55+/m0/s1. The number of aliphatic hydroxyl groups excluding tert-OH is 2. The molecule has 73 heavy (non-hydrogen) atoms. The molecule has 1 amide bonds. The average Bonchev–Trinajstić information content (AvgIpc) is 3.37. The van der Waals surface area contributed by atoms with Crippen LogP contribution in [0.15, 0.2) is 132 Å². The molecule has 4 aromatic carbocycles. The zero-order valence-corrected chi connectivity index (χ0v) is 41.1. The number of aliphatic hydroxyl groups is 4. The minimum Gasteiger partial charge on any atom is -0.463 e. The van der Waals surface area contributed by atoms with E-state index < -0.39 is 132 Å². The lowest BCUT2D eigenvalue weighted by molar-refractivity contribution is -0.286. The fraction of sp³-hybridized carbons (Fsp3) is 0.400. The molecule has 18 heteroatoms. The van der Waals surface area contributed by atoms with Crippen LogP contribution in [0, 0.1) is 16.7 Å². The number of ether oxygens (including phenoxy) is 6. The molecule has 2 fully saturated rings. The molecule has 0 aromatic heterocycles. The molecular formula is C55H59NO17. The van der Waals surface area contributed by atoms with Crippen molar-refractivity contribution in [1.82, 2.24) is 5.32 Å². The number of rotatable bonds is 14. The van der Waals surface area contributed by atoms with Crippen molar-refractivity contribution in [2.24, 2.45) is 16.7 Å². The number of nitrogens with one attached hydrogen (secondary N) is 1. The van der Waals surface area contributed by atoms with E-state index in [4.69, 9.17) is 28.4 Å². The number of fused-ring (bicyclic) bond motifs is 3. The largest absolute Gasteiger partial charge is 0.509 e. The Hall–Kier alpha value is -7.25. The van der Waals surface area contributed by atoms with Gasteiger partial charge >= 0.3 is 30.0 Å². The van der Waals surface area contributed by atoms with Crippen LogP contribution in [0.5, 0.6) is 0 Å². The third kappa shape index (κ3) is 10.5. The quantitative estimate of drug-likeness (QED) is 0.0628. The summed E-state index contributed by atoms with van der Waals surface area (Å²) in [6, 6.07) is 30.5. The first-order valence-electron chi connectivity index (χ1n) is 23.7. The van der Waals surface area contributed by atoms with E-state index in [0.29, 0.717) is 5.56 Å². The highest BCUT2D eigenvalue weighted by atomic mass is 16.7. The van der Waals surface area contributed by atoms with Crippen molar-refractivity contribution in [2.75, 3.05) is 6.61 Å². The summed E-state index contributed by atoms with van der Waals surface area (Å²) in [6.45, 7) is 6.23. The highest BCUT2D eigenvalue weighted by Gasteiger charge is 2.75. The molecule has 1 unspecified atom stereocenters. The lowest BCUT2D eigenvalue weighted by atomic mass is 9.45. The number of amides is 1. The minimum atomic E-state index is -2.80. The van der Waals surface area contributed by atoms with Gasteiger partial charge in [-0.05, 0) is 60.4 Å². The molecule has 386 valence electrons. The van der Waals surface area contributed by atoms with E-state index in [0.717, 1.165) is 13.8 Å². The van der Waals surface area contributed by atoms with Gasteiger partial charge in [0.05, 0.1) is 23.2 Å². The molecule has 2 bridgehead atoms. The van der Waals surface area contributed by atoms with Crippen molar-refractivity contribution in [3.05, 3.63) is 155 Å². The number of esters is 4. The van der Waals surface area contributed by atoms with Crippen molar-refractivity contribution in [2.45, 2.75) is 115 Å². The highest BCUT2D eigenvalue weighted by molar-refractivity contribution is 5.96. The van der Waals surface area contributed by atoms with Crippen LogP contribution in [0.2, 0.25) is 0 Å². The summed E-state index contributed by atoms with van der Waals surface area (Å²) < 4.78 is 35.0. The summed E-state index contributed by atoms with van der Waals surface area (Å²) in [6.07, 6.45) is -14.7. The first-order chi connectivity index (χ1) is 34.5. The lowest BCUT2D eigenvalue weighted by Crippen LogP contribution is -2.78. The zero-order chi connectivity index (χ0) is 53.0. The molecule has 0 heterocycles. The number of hydrogen-bond donors (Lipinski definition) is 5. The molecule has 0 radical (unpaired) electrons. The molecule has 3 aliphatic carbocycles. The average molecular weight is 1010 g/mol. The van der Waals surface area contributed by atoms with Crippen molar-refractivity contribution in [3.63, 3.8) is 0 Å². The summed E-state index contributed by atoms with van der Waals surface area (Å²) in [5, 5.41) is 53.4. The smallest absolute Gasteiger partial charge is 0.463 e. The van der Waals surface area contributed by atoms with Gasteiger partial charge in [-0.25, -0.2) is 14.4 Å². The summed E-state index contributed by atoms with van der Waals surface area (Å²) in [4.78, 5) is 98.5. The Bertz CT molecular complexity index is 2730. The molecule has 11 atom stereocenters. The zero-order valence-electron chi connectivity index (χ0n) is 41.1. The van der Waals surface area contributed by atoms with Crippen molar-refractivity contribution < 1.29 is 82.4 Å². The topological polar surface area (TPSA) is 268 Å². The lowest BCUT2D eigenvalue weighted by Gasteiger charge is -2.64. The predicted molar refractivity (Wildman–Crippen MR) is 257 cm³/mol. The van der Waals surface area contributed by atoms with Gasteiger partial charge in [0, 0.05) is 43.6 Å². The van der Waals surface area contributed by atoms with Gasteiger partial charge in [0.15, 0.2) is 11.9 Å². The van der Waals surface area contributed by atoms with E-state index in [1.807, 2.05) is 0 Å². The van der Waals surface area contributed by atoms with Gasteiger partial charge in [0.2, 0.25) is 6.10 Å². The molecule has 4 aromatic rings. The van der Waals surface area contributed by atoms with Gasteiger partial charge in [-0.15, -0.1) is 0 Å². The summed E-state index contributed by atoms with van der Waals surface area (Å²) in [5.41, 5.74) is -8.92. The Morgan fingerprint density at radius 1 is 0.712 bits per heavy atom. The highest BCUT2D eigenvalue weighted by Crippen LogP contribution is 2.62. The van der Waals surface area contributed by atoms with E-state index >= 15 is 9.59 Å². The fourth-order valence-corrected chi connectivity index (χ4v) is 10.6. The van der Waals surface area contributed by atoms with Crippen LogP contribution in [0.4, 0.5) is 4.79 Å². The molecule has 5 N–H and O–H groups in total. The fourth-order valence-electron chi connectivity index (χ4n) is 10.6. The Labute approximate surface area is 421 Å². The molecule has 3 aliphatic rings. The van der Waals surface area contributed by atoms with E-state index in [1.54, 1.807) is 84.9 Å². The van der Waals surface area contributed by atoms with Crippen LogP contribution in [0.1, 0.15) is 92.3 Å². The summed E-state index contributed by atoms with van der Waals surface area (Å²) in [5.74, 6) is -8.23. The van der Waals surface area contributed by atoms with Crippen molar-refractivity contribution in [1.29, 1.82) is 0 Å². The van der Waals surface area contributed by atoms with Gasteiger partial charge < -0.3 is 54.2 Å². The van der Waals surface area contributed by atoms with E-state index in [2.05, 4.69) is 5.32 Å². The first-order valence-corrected chi connectivity index (χ1v) is 23.7. The van der Waals surface area contributed by atoms with Gasteiger partial charge in [0.25, 0.3) is 5.91 Å². The van der Waals surface area contributed by atoms with Gasteiger partial charge in [-0.2, -0.15) is 0 Å². The Balaban J connectivity index is 1.41. The monoisotopic (exact) mass is 1010 g/mol. The van der Waals surface area contributed by atoms with Crippen LogP contribution in [-0.4, -0.2) is 117 Å². The number of ketones is 1. The summed E-state index contributed by atoms with van der Waals surface area (Å²) >= 11 is 0. The second kappa shape index (κ2) is 21.5. The SMILES string of the molecule is CC(=O)OC[C@@]1(O)C2[C@H](OC(=O)c3ccccc3)[C@]3(O)C[C@H](OC(=O)[C@H](OC(=O)OCc4ccccc4)[C@@H](NC(=O)c4ccccc4)c4ccccc4)C(C)=C([C@@H](OC(C)=O)C(=O)[C@]2(C)[C@@H](O)C[C@@H]1O)C3(C)C. The predicted octanol–water partition coefficient (Wildman–Crippen LogP) is 5.05. The molecule has 18 nitrogen and oxygen atoms in total. The molecule has 0 saturated heterocycles. The second-order valence-electron chi connectivity index (χ2n) is 19.4. The number of carbonyl (C=O) groups excluding carboxylic acids is 7. The third-order valence-corrected chi connectivity index (χ3v) is 14.6. The Morgan fingerprint density at radius 3 is 1.85 bits per heavy atom. The first kappa shape index (κ1) is 53.5. The number of carbonyl (C=O) groups is 7. The summed E-state index contributed by atoms with van der Waals surface area (Å²) in [7, 11) is 0. The van der Waals surface area contributed by atoms with Gasteiger partial charge in [-0.1, -0.05) is 111 Å². The normalized spacial score (nSPS) is 28.1. The maximum Gasteiger partial charge on any atom is 0.509 e. The molecule has 2 saturated carbocycles. The van der Waals surface area contributed by atoms with Crippen molar-refractivity contribution in [3.8, 4) is 0 Å². The van der Waals surface area contributed by atoms with E-state index in [-0.39, 0.29) is 34.4 Å². The Morgan fingerprint density at radius 2 is 1.27 bits per heavy atom. The number of Topliss-reactive ketones (excluding diaryl/α,β-unsaturated/α-hetero) is 1. The molecule has 0 aliphatic heterocycles. The van der Waals surface area contributed by atoms with E-state index in [1.165, 1.54) is 64.1 Å². The third-order valence-electron chi connectivity index (χ3n) is 14.6.